The number of aromatic nitrogens is 1. The summed E-state index contributed by atoms with van der Waals surface area (Å²) in [6, 6.07) is 2.11. The van der Waals surface area contributed by atoms with Gasteiger partial charge in [-0.2, -0.15) is 0 Å². The van der Waals surface area contributed by atoms with E-state index < -0.39 is 0 Å². The summed E-state index contributed by atoms with van der Waals surface area (Å²) >= 11 is 6.94. The average molecular weight is 375 g/mol. The van der Waals surface area contributed by atoms with E-state index in [4.69, 9.17) is 9.72 Å². The third-order valence-electron chi connectivity index (χ3n) is 2.62. The van der Waals surface area contributed by atoms with Gasteiger partial charge in [0.15, 0.2) is 0 Å². The number of halogens is 1. The number of nitrogens with zero attached hydrogens (tertiary/aromatic N) is 1. The molecule has 110 valence electrons. The SMILES string of the molecule is COCc1nc(-c2cc(Br)cs2)sc1CNC(C)(C)C. The summed E-state index contributed by atoms with van der Waals surface area (Å²) < 4.78 is 6.37. The van der Waals surface area contributed by atoms with Crippen molar-refractivity contribution in [1.82, 2.24) is 10.3 Å². The van der Waals surface area contributed by atoms with E-state index >= 15 is 0 Å². The van der Waals surface area contributed by atoms with Crippen LogP contribution in [0.5, 0.6) is 0 Å². The fraction of sp³-hybridized carbons (Fsp3) is 0.500. The van der Waals surface area contributed by atoms with Crippen LogP contribution in [0.4, 0.5) is 0 Å². The molecule has 6 heteroatoms. The quantitative estimate of drug-likeness (QED) is 0.825. The molecule has 0 aliphatic rings. The summed E-state index contributed by atoms with van der Waals surface area (Å²) in [5.41, 5.74) is 1.13. The Morgan fingerprint density at radius 3 is 2.70 bits per heavy atom. The van der Waals surface area contributed by atoms with Crippen LogP contribution in [0.2, 0.25) is 0 Å². The summed E-state index contributed by atoms with van der Waals surface area (Å²) in [6.07, 6.45) is 0. The van der Waals surface area contributed by atoms with Crippen molar-refractivity contribution in [2.45, 2.75) is 39.5 Å². The number of thiophene rings is 1. The number of hydrogen-bond donors (Lipinski definition) is 1. The average Bonchev–Trinajstić information content (AvgIpc) is 2.93. The van der Waals surface area contributed by atoms with Gasteiger partial charge in [-0.15, -0.1) is 22.7 Å². The first-order chi connectivity index (χ1) is 9.39. The maximum atomic E-state index is 5.27. The minimum Gasteiger partial charge on any atom is -0.378 e. The Bertz CT molecular complexity index is 572. The van der Waals surface area contributed by atoms with Crippen molar-refractivity contribution in [3.05, 3.63) is 26.5 Å². The van der Waals surface area contributed by atoms with Gasteiger partial charge in [0, 0.05) is 33.9 Å². The third kappa shape index (κ3) is 4.36. The number of ether oxygens (including phenoxy) is 1. The lowest BCUT2D eigenvalue weighted by Crippen LogP contribution is -2.35. The van der Waals surface area contributed by atoms with Gasteiger partial charge in [-0.25, -0.2) is 4.98 Å². The van der Waals surface area contributed by atoms with Crippen molar-refractivity contribution in [2.75, 3.05) is 7.11 Å². The van der Waals surface area contributed by atoms with Crippen molar-refractivity contribution in [3.63, 3.8) is 0 Å². The summed E-state index contributed by atoms with van der Waals surface area (Å²) in [5, 5.41) is 6.67. The highest BCUT2D eigenvalue weighted by molar-refractivity contribution is 9.10. The molecule has 0 aliphatic carbocycles. The van der Waals surface area contributed by atoms with Crippen LogP contribution < -0.4 is 5.32 Å². The molecular formula is C14H19BrN2OS2. The normalized spacial score (nSPS) is 12.1. The predicted molar refractivity (Wildman–Crippen MR) is 90.4 cm³/mol. The summed E-state index contributed by atoms with van der Waals surface area (Å²) in [5.74, 6) is 0. The number of rotatable bonds is 5. The van der Waals surface area contributed by atoms with Crippen LogP contribution >= 0.6 is 38.6 Å². The lowest BCUT2D eigenvalue weighted by atomic mass is 10.1. The minimum atomic E-state index is 0.0977. The number of methoxy groups -OCH3 is 1. The van der Waals surface area contributed by atoms with Crippen LogP contribution in [-0.4, -0.2) is 17.6 Å². The summed E-state index contributed by atoms with van der Waals surface area (Å²) in [7, 11) is 1.71. The Kier molecular flexibility index (Phi) is 5.36. The standard InChI is InChI=1S/C14H19BrN2OS2/c1-14(2,3)16-6-12-10(7-18-4)17-13(20-12)11-5-9(15)8-19-11/h5,8,16H,6-7H2,1-4H3. The molecule has 0 amide bonds. The minimum absolute atomic E-state index is 0.0977. The fourth-order valence-corrected chi connectivity index (χ4v) is 4.14. The molecule has 2 heterocycles. The highest BCUT2D eigenvalue weighted by Gasteiger charge is 2.16. The van der Waals surface area contributed by atoms with E-state index in [2.05, 4.69) is 53.5 Å². The molecule has 2 rings (SSSR count). The van der Waals surface area contributed by atoms with E-state index in [1.807, 2.05) is 0 Å². The predicted octanol–water partition coefficient (Wildman–Crippen LogP) is 4.67. The Labute approximate surface area is 136 Å². The summed E-state index contributed by atoms with van der Waals surface area (Å²) in [6.45, 7) is 7.89. The smallest absolute Gasteiger partial charge is 0.134 e. The van der Waals surface area contributed by atoms with Crippen LogP contribution in [0.3, 0.4) is 0 Å². The first-order valence-corrected chi connectivity index (χ1v) is 8.85. The second kappa shape index (κ2) is 6.66. The van der Waals surface area contributed by atoms with Crippen molar-refractivity contribution >= 4 is 38.6 Å². The highest BCUT2D eigenvalue weighted by Crippen LogP contribution is 2.34. The molecule has 0 saturated heterocycles. The van der Waals surface area contributed by atoms with Gasteiger partial charge >= 0.3 is 0 Å². The van der Waals surface area contributed by atoms with E-state index in [0.29, 0.717) is 6.61 Å². The Hall–Kier alpha value is -0.270. The van der Waals surface area contributed by atoms with Crippen LogP contribution in [0.25, 0.3) is 9.88 Å². The zero-order valence-corrected chi connectivity index (χ0v) is 15.3. The van der Waals surface area contributed by atoms with E-state index in [-0.39, 0.29) is 5.54 Å². The molecule has 0 radical (unpaired) electrons. The maximum Gasteiger partial charge on any atom is 0.134 e. The second-order valence-electron chi connectivity index (χ2n) is 5.55. The van der Waals surface area contributed by atoms with Crippen molar-refractivity contribution in [2.24, 2.45) is 0 Å². The van der Waals surface area contributed by atoms with E-state index in [1.54, 1.807) is 29.8 Å². The fourth-order valence-electron chi connectivity index (χ4n) is 1.65. The molecule has 0 unspecified atom stereocenters. The molecule has 0 atom stereocenters. The topological polar surface area (TPSA) is 34.1 Å². The monoisotopic (exact) mass is 374 g/mol. The molecular weight excluding hydrogens is 356 g/mol. The van der Waals surface area contributed by atoms with Crippen LogP contribution in [0, 0.1) is 0 Å². The summed E-state index contributed by atoms with van der Waals surface area (Å²) in [4.78, 5) is 7.17. The van der Waals surface area contributed by atoms with Gasteiger partial charge in [0.05, 0.1) is 17.2 Å². The van der Waals surface area contributed by atoms with E-state index in [0.717, 1.165) is 21.7 Å². The molecule has 0 aliphatic heterocycles. The van der Waals surface area contributed by atoms with Crippen LogP contribution in [0.1, 0.15) is 31.3 Å². The van der Waals surface area contributed by atoms with Gasteiger partial charge in [0.1, 0.15) is 5.01 Å². The molecule has 2 aromatic rings. The Morgan fingerprint density at radius 2 is 2.15 bits per heavy atom. The van der Waals surface area contributed by atoms with Gasteiger partial charge in [-0.1, -0.05) is 0 Å². The first kappa shape index (κ1) is 16.1. The Morgan fingerprint density at radius 1 is 1.40 bits per heavy atom. The van der Waals surface area contributed by atoms with Crippen LogP contribution in [0.15, 0.2) is 15.9 Å². The molecule has 3 nitrogen and oxygen atoms in total. The van der Waals surface area contributed by atoms with Gasteiger partial charge in [0.2, 0.25) is 0 Å². The number of nitrogens with one attached hydrogen (secondary N) is 1. The first-order valence-electron chi connectivity index (χ1n) is 6.36. The van der Waals surface area contributed by atoms with Gasteiger partial charge in [0.25, 0.3) is 0 Å². The molecule has 2 aromatic heterocycles. The molecule has 1 N–H and O–H groups in total. The zero-order valence-electron chi connectivity index (χ0n) is 12.1. The molecule has 0 spiro atoms. The second-order valence-corrected chi connectivity index (χ2v) is 8.47. The molecule has 20 heavy (non-hydrogen) atoms. The highest BCUT2D eigenvalue weighted by atomic mass is 79.9. The van der Waals surface area contributed by atoms with Gasteiger partial charge < -0.3 is 10.1 Å². The Balaban J connectivity index is 2.23. The van der Waals surface area contributed by atoms with Crippen molar-refractivity contribution in [3.8, 4) is 9.88 Å². The zero-order chi connectivity index (χ0) is 14.8. The lowest BCUT2D eigenvalue weighted by Gasteiger charge is -2.20. The van der Waals surface area contributed by atoms with E-state index in [1.165, 1.54) is 9.75 Å². The van der Waals surface area contributed by atoms with Gasteiger partial charge in [-0.3, -0.25) is 0 Å². The third-order valence-corrected chi connectivity index (χ3v) is 5.57. The molecule has 0 saturated carbocycles. The molecule has 0 fully saturated rings. The van der Waals surface area contributed by atoms with E-state index in [9.17, 15) is 0 Å². The number of thiazole rings is 1. The largest absolute Gasteiger partial charge is 0.378 e. The molecule has 0 aromatic carbocycles. The van der Waals surface area contributed by atoms with Gasteiger partial charge in [-0.05, 0) is 42.8 Å². The molecule has 0 bridgehead atoms. The maximum absolute atomic E-state index is 5.27. The van der Waals surface area contributed by atoms with Crippen molar-refractivity contribution in [1.29, 1.82) is 0 Å². The van der Waals surface area contributed by atoms with Crippen LogP contribution in [-0.2, 0) is 17.9 Å². The number of hydrogen-bond acceptors (Lipinski definition) is 5. The van der Waals surface area contributed by atoms with Crippen molar-refractivity contribution < 1.29 is 4.74 Å². The lowest BCUT2D eigenvalue weighted by molar-refractivity contribution is 0.181.